The zero-order valence-electron chi connectivity index (χ0n) is 7.97. The summed E-state index contributed by atoms with van der Waals surface area (Å²) in [5, 5.41) is 27.2. The van der Waals surface area contributed by atoms with Gasteiger partial charge in [-0.3, -0.25) is 4.79 Å². The summed E-state index contributed by atoms with van der Waals surface area (Å²) in [6, 6.07) is -0.766. The summed E-state index contributed by atoms with van der Waals surface area (Å²) in [7, 11) is 0. The van der Waals surface area contributed by atoms with Gasteiger partial charge in [-0.2, -0.15) is 9.97 Å². The third-order valence-corrected chi connectivity index (χ3v) is 1.58. The molecule has 8 heteroatoms. The quantitative estimate of drug-likeness (QED) is 0.459. The number of carbonyl (C=O) groups is 1. The van der Waals surface area contributed by atoms with Gasteiger partial charge in [0.2, 0.25) is 11.8 Å². The second kappa shape index (κ2) is 6.51. The van der Waals surface area contributed by atoms with E-state index in [0.29, 0.717) is 0 Å². The monoisotopic (exact) mass is 238 g/mol. The van der Waals surface area contributed by atoms with Gasteiger partial charge in [0, 0.05) is 0 Å². The molecule has 0 amide bonds. The summed E-state index contributed by atoms with van der Waals surface area (Å²) in [5.41, 5.74) is -0.175. The minimum absolute atomic E-state index is 0. The van der Waals surface area contributed by atoms with E-state index in [1.807, 2.05) is 0 Å². The fourth-order valence-corrected chi connectivity index (χ4v) is 0.964. The van der Waals surface area contributed by atoms with Crippen molar-refractivity contribution in [2.45, 2.75) is 13.3 Å². The first-order chi connectivity index (χ1) is 7.04. The van der Waals surface area contributed by atoms with Crippen molar-refractivity contribution in [2.24, 2.45) is 0 Å². The predicted molar refractivity (Wildman–Crippen MR) is 54.5 cm³/mol. The molecule has 0 unspecified atom stereocenters. The Labute approximate surface area is 113 Å². The first-order valence-electron chi connectivity index (χ1n) is 4.18. The molecule has 0 aromatic carbocycles. The van der Waals surface area contributed by atoms with Crippen LogP contribution in [0.25, 0.3) is 0 Å². The number of hydrogen-bond acceptors (Lipinski definition) is 7. The van der Waals surface area contributed by atoms with Crippen molar-refractivity contribution in [3.05, 3.63) is 5.56 Å². The third kappa shape index (κ3) is 3.84. The Morgan fingerprint density at radius 2 is 1.75 bits per heavy atom. The van der Waals surface area contributed by atoms with Crippen molar-refractivity contribution in [3.63, 3.8) is 0 Å². The molecule has 84 valence electrons. The van der Waals surface area contributed by atoms with E-state index in [1.165, 1.54) is 0 Å². The van der Waals surface area contributed by atoms with Gasteiger partial charge in [-0.1, -0.05) is 0 Å². The summed E-state index contributed by atoms with van der Waals surface area (Å²) < 4.78 is 4.61. The third-order valence-electron chi connectivity index (χ3n) is 1.58. The number of aromatic nitrogens is 2. The summed E-state index contributed by atoms with van der Waals surface area (Å²) in [4.78, 5) is 17.4. The molecule has 0 aliphatic rings. The van der Waals surface area contributed by atoms with Crippen molar-refractivity contribution in [1.82, 2.24) is 9.97 Å². The van der Waals surface area contributed by atoms with E-state index in [9.17, 15) is 15.0 Å². The molecule has 0 radical (unpaired) electrons. The Hall–Kier alpha value is -1.05. The van der Waals surface area contributed by atoms with Crippen LogP contribution in [-0.2, 0) is 16.0 Å². The van der Waals surface area contributed by atoms with Gasteiger partial charge in [-0.15, -0.1) is 0 Å². The van der Waals surface area contributed by atoms with Gasteiger partial charge >= 0.3 is 41.5 Å². The first kappa shape index (κ1) is 14.9. The van der Waals surface area contributed by atoms with Crippen LogP contribution >= 0.6 is 0 Å². The standard InChI is InChI=1S/C8H10N2O5.Na.H/c1-2-15-5(11)3-4-6(12)9-8(14)10-7(4)13;;/h2-3H2,1H3,(H3,9,10,12,13,14);;. The maximum atomic E-state index is 11.0. The first-order valence-corrected chi connectivity index (χ1v) is 4.18. The molecule has 1 heterocycles. The number of ether oxygens (including phenoxy) is 1. The molecule has 0 atom stereocenters. The molecule has 1 aromatic heterocycles. The topological polar surface area (TPSA) is 113 Å². The van der Waals surface area contributed by atoms with Crippen LogP contribution in [0.3, 0.4) is 0 Å². The average Bonchev–Trinajstić information content (AvgIpc) is 2.11. The van der Waals surface area contributed by atoms with Gasteiger partial charge < -0.3 is 20.1 Å². The zero-order valence-corrected chi connectivity index (χ0v) is 7.97. The summed E-state index contributed by atoms with van der Waals surface area (Å²) >= 11 is 0. The van der Waals surface area contributed by atoms with Crippen molar-refractivity contribution in [2.75, 3.05) is 6.61 Å². The fraction of sp³-hybridized carbons (Fsp3) is 0.375. The molecule has 0 spiro atoms. The molecule has 0 saturated heterocycles. The van der Waals surface area contributed by atoms with Gasteiger partial charge in [0.05, 0.1) is 18.6 Å². The Morgan fingerprint density at radius 3 is 2.19 bits per heavy atom. The van der Waals surface area contributed by atoms with Gasteiger partial charge in [0.15, 0.2) is 0 Å². The molecular formula is C8H11N2NaO5. The predicted octanol–water partition coefficient (Wildman–Crippen LogP) is -0.950. The van der Waals surface area contributed by atoms with E-state index in [0.717, 1.165) is 0 Å². The van der Waals surface area contributed by atoms with Gasteiger partial charge in [0.1, 0.15) is 0 Å². The van der Waals surface area contributed by atoms with Crippen LogP contribution < -0.4 is 0 Å². The van der Waals surface area contributed by atoms with Gasteiger partial charge in [0.25, 0.3) is 0 Å². The summed E-state index contributed by atoms with van der Waals surface area (Å²) in [5.74, 6) is -1.92. The van der Waals surface area contributed by atoms with Crippen molar-refractivity contribution in [1.29, 1.82) is 0 Å². The van der Waals surface area contributed by atoms with Crippen LogP contribution in [-0.4, -0.2) is 67.4 Å². The second-order valence-corrected chi connectivity index (χ2v) is 2.63. The molecule has 1 rings (SSSR count). The number of nitrogens with zero attached hydrogens (tertiary/aromatic N) is 2. The molecule has 0 saturated carbocycles. The van der Waals surface area contributed by atoms with E-state index in [2.05, 4.69) is 14.7 Å². The van der Waals surface area contributed by atoms with Crippen LogP contribution in [0.15, 0.2) is 0 Å². The normalized spacial score (nSPS) is 9.31. The number of rotatable bonds is 3. The van der Waals surface area contributed by atoms with Crippen molar-refractivity contribution >= 4 is 35.5 Å². The SMILES string of the molecule is CCOC(=O)Cc1c(O)nc(O)nc1O.[NaH]. The van der Waals surface area contributed by atoms with Crippen molar-refractivity contribution in [3.8, 4) is 17.8 Å². The van der Waals surface area contributed by atoms with E-state index in [1.54, 1.807) is 6.92 Å². The number of esters is 1. The van der Waals surface area contributed by atoms with Crippen LogP contribution in [0.1, 0.15) is 12.5 Å². The molecule has 0 bridgehead atoms. The van der Waals surface area contributed by atoms with Crippen LogP contribution in [0.4, 0.5) is 0 Å². The molecule has 0 aliphatic carbocycles. The molecule has 1 aromatic rings. The number of hydrogen-bond donors (Lipinski definition) is 3. The van der Waals surface area contributed by atoms with Crippen LogP contribution in [0, 0.1) is 0 Å². The average molecular weight is 238 g/mol. The molecular weight excluding hydrogens is 227 g/mol. The zero-order chi connectivity index (χ0) is 11.4. The Morgan fingerprint density at radius 1 is 1.25 bits per heavy atom. The van der Waals surface area contributed by atoms with E-state index < -0.39 is 23.7 Å². The molecule has 0 aliphatic heterocycles. The van der Waals surface area contributed by atoms with Gasteiger partial charge in [-0.05, 0) is 6.92 Å². The summed E-state index contributed by atoms with van der Waals surface area (Å²) in [6.07, 6.45) is -0.355. The molecule has 16 heavy (non-hydrogen) atoms. The molecule has 3 N–H and O–H groups in total. The van der Waals surface area contributed by atoms with E-state index in [4.69, 9.17) is 5.11 Å². The number of aromatic hydroxyl groups is 3. The van der Waals surface area contributed by atoms with Gasteiger partial charge in [-0.25, -0.2) is 0 Å². The Bertz CT molecular complexity index is 362. The van der Waals surface area contributed by atoms with Crippen LogP contribution in [0.2, 0.25) is 0 Å². The van der Waals surface area contributed by atoms with Crippen molar-refractivity contribution < 1.29 is 24.9 Å². The summed E-state index contributed by atoms with van der Waals surface area (Å²) in [6.45, 7) is 1.82. The maximum absolute atomic E-state index is 11.0. The second-order valence-electron chi connectivity index (χ2n) is 2.63. The van der Waals surface area contributed by atoms with E-state index in [-0.39, 0.29) is 48.1 Å². The molecule has 7 nitrogen and oxygen atoms in total. The molecule has 0 fully saturated rings. The Kier molecular flexibility index (Phi) is 6.09. The van der Waals surface area contributed by atoms with E-state index >= 15 is 0 Å². The minimum atomic E-state index is -0.766. The number of carbonyl (C=O) groups excluding carboxylic acids is 1. The fourth-order valence-electron chi connectivity index (χ4n) is 0.964. The Balaban J connectivity index is 0.00000225. The van der Waals surface area contributed by atoms with Crippen LogP contribution in [0.5, 0.6) is 17.8 Å².